The molecule has 3 aromatic heterocycles. The first kappa shape index (κ1) is 23.2. The zero-order chi connectivity index (χ0) is 24.4. The van der Waals surface area contributed by atoms with Crippen molar-refractivity contribution >= 4 is 11.6 Å². The van der Waals surface area contributed by atoms with Crippen molar-refractivity contribution in [2.75, 3.05) is 24.5 Å². The maximum atomic E-state index is 12.9. The number of nitrogens with one attached hydrogen (secondary N) is 1. The molecule has 4 heterocycles. The Morgan fingerprint density at radius 1 is 1.09 bits per heavy atom. The van der Waals surface area contributed by atoms with E-state index >= 15 is 0 Å². The number of imidazole rings is 1. The minimum Gasteiger partial charge on any atom is -0.435 e. The molecule has 0 bridgehead atoms. The van der Waals surface area contributed by atoms with Crippen LogP contribution in [0.5, 0.6) is 5.75 Å². The predicted octanol–water partition coefficient (Wildman–Crippen LogP) is 4.48. The number of hydrogen-bond acceptors (Lipinski definition) is 6. The van der Waals surface area contributed by atoms with Gasteiger partial charge in [0.25, 0.3) is 0 Å². The van der Waals surface area contributed by atoms with Crippen LogP contribution in [0.3, 0.4) is 0 Å². The highest BCUT2D eigenvalue weighted by Crippen LogP contribution is 2.27. The Balaban J connectivity index is 1.45. The molecule has 1 unspecified atom stereocenters. The molecule has 1 fully saturated rings. The molecule has 4 aromatic rings. The van der Waals surface area contributed by atoms with Crippen LogP contribution in [-0.2, 0) is 6.42 Å². The topological polar surface area (TPSA) is 67.6 Å². The van der Waals surface area contributed by atoms with Crippen LogP contribution in [0.25, 0.3) is 16.8 Å². The Labute approximate surface area is 202 Å². The molecule has 35 heavy (non-hydrogen) atoms. The molecule has 7 nitrogen and oxygen atoms in total. The van der Waals surface area contributed by atoms with Crippen molar-refractivity contribution in [3.63, 3.8) is 0 Å². The van der Waals surface area contributed by atoms with E-state index in [1.165, 1.54) is 0 Å². The number of halogens is 2. The minimum atomic E-state index is -2.87. The van der Waals surface area contributed by atoms with Crippen LogP contribution in [0, 0.1) is 6.92 Å². The van der Waals surface area contributed by atoms with Gasteiger partial charge in [-0.3, -0.25) is 0 Å². The molecule has 0 radical (unpaired) electrons. The minimum absolute atomic E-state index is 0.176. The first-order chi connectivity index (χ1) is 17.0. The Morgan fingerprint density at radius 3 is 2.69 bits per heavy atom. The second kappa shape index (κ2) is 9.95. The Bertz CT molecular complexity index is 1310. The number of pyridine rings is 1. The van der Waals surface area contributed by atoms with E-state index in [0.717, 1.165) is 60.2 Å². The molecule has 1 saturated heterocycles. The molecule has 9 heteroatoms. The lowest BCUT2D eigenvalue weighted by atomic mass is 10.1. The van der Waals surface area contributed by atoms with Crippen LogP contribution in [0.2, 0.25) is 0 Å². The fourth-order valence-electron chi connectivity index (χ4n) is 4.56. The molecule has 1 aliphatic heterocycles. The molecule has 0 saturated carbocycles. The van der Waals surface area contributed by atoms with Gasteiger partial charge in [0.05, 0.1) is 5.69 Å². The molecule has 1 aliphatic rings. The summed E-state index contributed by atoms with van der Waals surface area (Å²) in [5.41, 5.74) is 5.06. The first-order valence-corrected chi connectivity index (χ1v) is 11.8. The summed E-state index contributed by atoms with van der Waals surface area (Å²) in [6.45, 7) is 4.05. The van der Waals surface area contributed by atoms with Crippen molar-refractivity contribution in [2.24, 2.45) is 0 Å². The van der Waals surface area contributed by atoms with Gasteiger partial charge in [0, 0.05) is 66.5 Å². The fraction of sp³-hybridized carbons (Fsp3) is 0.346. The quantitative estimate of drug-likeness (QED) is 0.441. The second-order valence-electron chi connectivity index (χ2n) is 8.81. The summed E-state index contributed by atoms with van der Waals surface area (Å²) >= 11 is 0. The summed E-state index contributed by atoms with van der Waals surface area (Å²) in [6.07, 6.45) is 7.16. The first-order valence-electron chi connectivity index (χ1n) is 11.8. The number of benzene rings is 1. The largest absolute Gasteiger partial charge is 0.435 e. The Kier molecular flexibility index (Phi) is 6.59. The number of ether oxygens (including phenoxy) is 1. The number of alkyl halides is 2. The molecule has 1 aromatic carbocycles. The highest BCUT2D eigenvalue weighted by atomic mass is 19.3. The molecule has 1 N–H and O–H groups in total. The lowest BCUT2D eigenvalue weighted by Gasteiger charge is -2.26. The average molecular weight is 479 g/mol. The third-order valence-electron chi connectivity index (χ3n) is 6.49. The van der Waals surface area contributed by atoms with Gasteiger partial charge in [0.2, 0.25) is 5.95 Å². The zero-order valence-electron chi connectivity index (χ0n) is 19.8. The molecule has 182 valence electrons. The number of nitrogens with zero attached hydrogens (tertiary/aromatic N) is 5. The van der Waals surface area contributed by atoms with Crippen LogP contribution < -0.4 is 15.0 Å². The van der Waals surface area contributed by atoms with Gasteiger partial charge in [-0.05, 0) is 45.0 Å². The molecule has 0 spiro atoms. The van der Waals surface area contributed by atoms with Crippen molar-refractivity contribution in [3.05, 3.63) is 71.9 Å². The van der Waals surface area contributed by atoms with E-state index in [1.807, 2.05) is 48.1 Å². The Hall–Kier alpha value is -3.59. The third-order valence-corrected chi connectivity index (χ3v) is 6.49. The number of aromatic nitrogens is 4. The summed E-state index contributed by atoms with van der Waals surface area (Å²) in [5.74, 6) is 0.913. The molecule has 0 aliphatic carbocycles. The number of anilines is 1. The van der Waals surface area contributed by atoms with E-state index in [0.29, 0.717) is 18.0 Å². The van der Waals surface area contributed by atoms with E-state index in [4.69, 9.17) is 4.74 Å². The van der Waals surface area contributed by atoms with E-state index < -0.39 is 6.61 Å². The normalized spacial score (nSPS) is 16.6. The molecular formula is C26H28F2N6O. The van der Waals surface area contributed by atoms with Crippen molar-refractivity contribution < 1.29 is 13.5 Å². The van der Waals surface area contributed by atoms with E-state index in [2.05, 4.69) is 32.1 Å². The van der Waals surface area contributed by atoms with E-state index in [-0.39, 0.29) is 5.75 Å². The number of rotatable bonds is 6. The van der Waals surface area contributed by atoms with E-state index in [9.17, 15) is 8.78 Å². The summed E-state index contributed by atoms with van der Waals surface area (Å²) in [5, 5.41) is 3.42. The predicted molar refractivity (Wildman–Crippen MR) is 131 cm³/mol. The van der Waals surface area contributed by atoms with Crippen molar-refractivity contribution in [2.45, 2.75) is 39.3 Å². The summed E-state index contributed by atoms with van der Waals surface area (Å²) in [7, 11) is 0. The van der Waals surface area contributed by atoms with E-state index in [1.54, 1.807) is 18.2 Å². The van der Waals surface area contributed by atoms with Gasteiger partial charge in [-0.1, -0.05) is 18.2 Å². The van der Waals surface area contributed by atoms with Gasteiger partial charge >= 0.3 is 6.61 Å². The summed E-state index contributed by atoms with van der Waals surface area (Å²) < 4.78 is 32.5. The molecule has 5 rings (SSSR count). The number of hydrogen-bond donors (Lipinski definition) is 1. The van der Waals surface area contributed by atoms with Gasteiger partial charge in [-0.2, -0.15) is 8.78 Å². The smallest absolute Gasteiger partial charge is 0.387 e. The van der Waals surface area contributed by atoms with Crippen LogP contribution in [0.4, 0.5) is 14.7 Å². The van der Waals surface area contributed by atoms with Gasteiger partial charge < -0.3 is 19.4 Å². The molecular weight excluding hydrogens is 450 g/mol. The van der Waals surface area contributed by atoms with Crippen molar-refractivity contribution in [3.8, 4) is 16.9 Å². The number of aryl methyl sites for hydroxylation is 1. The number of para-hydroxylation sites is 1. The monoisotopic (exact) mass is 478 g/mol. The van der Waals surface area contributed by atoms with Crippen LogP contribution in [0.1, 0.15) is 30.3 Å². The highest BCUT2D eigenvalue weighted by Gasteiger charge is 2.19. The van der Waals surface area contributed by atoms with Crippen LogP contribution >= 0.6 is 0 Å². The summed E-state index contributed by atoms with van der Waals surface area (Å²) in [6, 6.07) is 11.2. The highest BCUT2D eigenvalue weighted by molar-refractivity contribution is 5.64. The zero-order valence-corrected chi connectivity index (χ0v) is 19.8. The average Bonchev–Trinajstić information content (AvgIpc) is 3.00. The molecule has 1 atom stereocenters. The van der Waals surface area contributed by atoms with Gasteiger partial charge in [0.1, 0.15) is 11.4 Å². The van der Waals surface area contributed by atoms with Gasteiger partial charge in [-0.25, -0.2) is 15.0 Å². The maximum Gasteiger partial charge on any atom is 0.387 e. The molecule has 0 amide bonds. The van der Waals surface area contributed by atoms with Crippen LogP contribution in [-0.4, -0.2) is 51.6 Å². The van der Waals surface area contributed by atoms with Crippen LogP contribution in [0.15, 0.2) is 55.0 Å². The lowest BCUT2D eigenvalue weighted by molar-refractivity contribution is -0.0503. The summed E-state index contributed by atoms with van der Waals surface area (Å²) in [4.78, 5) is 16.2. The second-order valence-corrected chi connectivity index (χ2v) is 8.81. The van der Waals surface area contributed by atoms with Gasteiger partial charge in [-0.15, -0.1) is 0 Å². The Morgan fingerprint density at radius 2 is 1.89 bits per heavy atom. The number of fused-ring (bicyclic) bond motifs is 1. The van der Waals surface area contributed by atoms with Crippen molar-refractivity contribution in [1.82, 2.24) is 24.7 Å². The third kappa shape index (κ3) is 4.95. The maximum absolute atomic E-state index is 12.9. The van der Waals surface area contributed by atoms with Gasteiger partial charge in [0.15, 0.2) is 0 Å². The van der Waals surface area contributed by atoms with Crippen molar-refractivity contribution in [1.29, 1.82) is 0 Å². The standard InChI is InChI=1S/C26H28F2N6O/c1-17-9-10-29-11-12-33(17)26-30-14-21(15-31-26)20-7-8-24-32-18(2)22(34(24)16-20)13-19-5-3-4-6-23(19)35-25(27)28/h3-8,14-17,25,29H,9-13H2,1-2H3. The lowest BCUT2D eigenvalue weighted by Crippen LogP contribution is -2.35. The SMILES string of the molecule is Cc1nc2ccc(-c3cnc(N4CCNCCC4C)nc3)cn2c1Cc1ccccc1OC(F)F. The fourth-order valence-corrected chi connectivity index (χ4v) is 4.56.